The van der Waals surface area contributed by atoms with Gasteiger partial charge in [0.1, 0.15) is 0 Å². The van der Waals surface area contributed by atoms with E-state index < -0.39 is 0 Å². The molecule has 37 heavy (non-hydrogen) atoms. The van der Waals surface area contributed by atoms with Crippen molar-refractivity contribution in [3.63, 3.8) is 0 Å². The van der Waals surface area contributed by atoms with Gasteiger partial charge in [-0.2, -0.15) is 0 Å². The number of rotatable bonds is 0. The minimum absolute atomic E-state index is 0. The highest BCUT2D eigenvalue weighted by molar-refractivity contribution is 5.99. The lowest BCUT2D eigenvalue weighted by molar-refractivity contribution is 1.76. The van der Waals surface area contributed by atoms with Crippen LogP contribution in [0.2, 0.25) is 0 Å². The Morgan fingerprint density at radius 3 is 0.486 bits per heavy atom. The Labute approximate surface area is 220 Å². The Hall–Kier alpha value is -4.68. The molecule has 0 aliphatic heterocycles. The van der Waals surface area contributed by atoms with Gasteiger partial charge < -0.3 is 0 Å². The van der Waals surface area contributed by atoms with E-state index in [1.807, 2.05) is 48.6 Å². The molecular weight excluding hydrogens is 444 g/mol. The van der Waals surface area contributed by atoms with Crippen LogP contribution >= 0.6 is 0 Å². The lowest BCUT2D eigenvalue weighted by atomic mass is 10.0. The summed E-state index contributed by atoms with van der Waals surface area (Å²) in [4.78, 5) is 0. The van der Waals surface area contributed by atoms with Crippen molar-refractivity contribution in [1.82, 2.24) is 0 Å². The van der Waals surface area contributed by atoms with Gasteiger partial charge in [-0.05, 0) is 67.4 Å². The molecule has 7 rings (SSSR count). The van der Waals surface area contributed by atoms with E-state index in [4.69, 9.17) is 0 Å². The van der Waals surface area contributed by atoms with E-state index in [-0.39, 0.29) is 7.43 Å². The van der Waals surface area contributed by atoms with E-state index in [1.165, 1.54) is 43.1 Å². The molecule has 0 bridgehead atoms. The second-order valence-electron chi connectivity index (χ2n) is 8.63. The smallest absolute Gasteiger partial charge is 0.0178 e. The minimum Gasteiger partial charge on any atom is -0.0776 e. The summed E-state index contributed by atoms with van der Waals surface area (Å²) in [6.07, 6.45) is 16.0. The number of benzene rings is 6. The molecule has 0 atom stereocenters. The average Bonchev–Trinajstić information content (AvgIpc) is 2.91. The highest BCUT2D eigenvalue weighted by Gasteiger charge is 1.96. The monoisotopic (exact) mass is 476 g/mol. The molecule has 0 saturated carbocycles. The Morgan fingerprint density at radius 1 is 0.216 bits per heavy atom. The number of hydrogen-bond donors (Lipinski definition) is 0. The highest BCUT2D eigenvalue weighted by Crippen LogP contribution is 2.23. The summed E-state index contributed by atoms with van der Waals surface area (Å²) < 4.78 is 0. The Bertz CT molecular complexity index is 1350. The van der Waals surface area contributed by atoms with Gasteiger partial charge in [0.15, 0.2) is 0 Å². The molecule has 0 heteroatoms. The first-order valence-corrected chi connectivity index (χ1v) is 12.3. The zero-order valence-electron chi connectivity index (χ0n) is 20.2. The van der Waals surface area contributed by atoms with Crippen molar-refractivity contribution in [2.24, 2.45) is 0 Å². The van der Waals surface area contributed by atoms with E-state index in [0.29, 0.717) is 0 Å². The van der Waals surface area contributed by atoms with Crippen molar-refractivity contribution < 1.29 is 0 Å². The molecule has 0 spiro atoms. The maximum Gasteiger partial charge on any atom is -0.0178 e. The van der Waals surface area contributed by atoms with E-state index in [9.17, 15) is 0 Å². The van der Waals surface area contributed by atoms with Crippen LogP contribution in [0.15, 0.2) is 170 Å². The standard InChI is InChI=1S/2C14H10.C8H8.CH4/c2*1-2-6-12-10-14-8-4-3-7-13(14)9-11(12)5-1;1-2-4-6-8-7-5-3-1;/h2*1-10H;1-8H;1H4. The minimum atomic E-state index is 0. The molecule has 0 radical (unpaired) electrons. The molecule has 0 fully saturated rings. The molecule has 6 aromatic rings. The lowest BCUT2D eigenvalue weighted by Gasteiger charge is -2.00. The highest BCUT2D eigenvalue weighted by atomic mass is 14.0. The van der Waals surface area contributed by atoms with Crippen molar-refractivity contribution >= 4 is 43.1 Å². The van der Waals surface area contributed by atoms with Gasteiger partial charge in [0.25, 0.3) is 0 Å². The number of allylic oxidation sites excluding steroid dienone is 8. The third-order valence-electron chi connectivity index (χ3n) is 6.12. The molecule has 0 unspecified atom stereocenters. The second kappa shape index (κ2) is 12.9. The van der Waals surface area contributed by atoms with Gasteiger partial charge in [0, 0.05) is 0 Å². The van der Waals surface area contributed by atoms with Crippen LogP contribution in [0.3, 0.4) is 0 Å². The summed E-state index contributed by atoms with van der Waals surface area (Å²) >= 11 is 0. The second-order valence-corrected chi connectivity index (χ2v) is 8.63. The van der Waals surface area contributed by atoms with Gasteiger partial charge in [0.05, 0.1) is 0 Å². The molecular formula is C37H32. The van der Waals surface area contributed by atoms with Crippen molar-refractivity contribution in [1.29, 1.82) is 0 Å². The first kappa shape index (κ1) is 25.4. The van der Waals surface area contributed by atoms with Crippen LogP contribution in [0.4, 0.5) is 0 Å². The maximum atomic E-state index is 2.24. The molecule has 6 aromatic carbocycles. The summed E-state index contributed by atoms with van der Waals surface area (Å²) in [6, 6.07) is 42.8. The average molecular weight is 477 g/mol. The Morgan fingerprint density at radius 2 is 0.351 bits per heavy atom. The molecule has 1 aliphatic carbocycles. The molecule has 0 heterocycles. The maximum absolute atomic E-state index is 2.24. The first-order chi connectivity index (χ1) is 17.9. The largest absolute Gasteiger partial charge is 0.0776 e. The van der Waals surface area contributed by atoms with Crippen molar-refractivity contribution in [2.45, 2.75) is 7.43 Å². The van der Waals surface area contributed by atoms with Crippen molar-refractivity contribution in [3.8, 4) is 0 Å². The summed E-state index contributed by atoms with van der Waals surface area (Å²) in [5.74, 6) is 0. The first-order valence-electron chi connectivity index (χ1n) is 12.3. The predicted molar refractivity (Wildman–Crippen MR) is 166 cm³/mol. The Kier molecular flexibility index (Phi) is 8.83. The van der Waals surface area contributed by atoms with Crippen LogP contribution in [0.1, 0.15) is 7.43 Å². The normalized spacial score (nSPS) is 11.7. The van der Waals surface area contributed by atoms with Crippen LogP contribution < -0.4 is 0 Å². The van der Waals surface area contributed by atoms with Gasteiger partial charge in [-0.1, -0.05) is 153 Å². The van der Waals surface area contributed by atoms with Gasteiger partial charge in [-0.15, -0.1) is 0 Å². The van der Waals surface area contributed by atoms with E-state index in [1.54, 1.807) is 0 Å². The fourth-order valence-electron chi connectivity index (χ4n) is 4.28. The molecule has 180 valence electrons. The topological polar surface area (TPSA) is 0 Å². The third-order valence-corrected chi connectivity index (χ3v) is 6.12. The molecule has 1 aliphatic rings. The summed E-state index contributed by atoms with van der Waals surface area (Å²) in [6.45, 7) is 0. The van der Waals surface area contributed by atoms with Crippen LogP contribution in [-0.4, -0.2) is 0 Å². The summed E-state index contributed by atoms with van der Waals surface area (Å²) in [5.41, 5.74) is 0. The predicted octanol–water partition coefficient (Wildman–Crippen LogP) is 10.8. The van der Waals surface area contributed by atoms with Crippen LogP contribution in [0.25, 0.3) is 43.1 Å². The van der Waals surface area contributed by atoms with Gasteiger partial charge in [0.2, 0.25) is 0 Å². The number of hydrogen-bond acceptors (Lipinski definition) is 0. The van der Waals surface area contributed by atoms with Crippen LogP contribution in [0.5, 0.6) is 0 Å². The third kappa shape index (κ3) is 6.72. The molecule has 0 saturated heterocycles. The zero-order chi connectivity index (χ0) is 24.4. The quantitative estimate of drug-likeness (QED) is 0.191. The van der Waals surface area contributed by atoms with Crippen LogP contribution in [0, 0.1) is 0 Å². The fourth-order valence-corrected chi connectivity index (χ4v) is 4.28. The van der Waals surface area contributed by atoms with E-state index >= 15 is 0 Å². The zero-order valence-corrected chi connectivity index (χ0v) is 20.2. The summed E-state index contributed by atoms with van der Waals surface area (Å²) in [5, 5.41) is 10.5. The lowest BCUT2D eigenvalue weighted by Crippen LogP contribution is -1.74. The molecule has 0 aromatic heterocycles. The number of fused-ring (bicyclic) bond motifs is 4. The fraction of sp³-hybridized carbons (Fsp3) is 0.0270. The molecule has 0 amide bonds. The molecule has 0 nitrogen and oxygen atoms in total. The van der Waals surface area contributed by atoms with Crippen molar-refractivity contribution in [3.05, 3.63) is 170 Å². The van der Waals surface area contributed by atoms with E-state index in [0.717, 1.165) is 0 Å². The van der Waals surface area contributed by atoms with Crippen molar-refractivity contribution in [2.75, 3.05) is 0 Å². The van der Waals surface area contributed by atoms with E-state index in [2.05, 4.69) is 121 Å². The SMILES string of the molecule is C.C1=CC=CC=CC=C1.c1ccc2cc3ccccc3cc2c1.c1ccc2cc3ccccc3cc2c1. The Balaban J connectivity index is 0.000000133. The van der Waals surface area contributed by atoms with Crippen LogP contribution in [-0.2, 0) is 0 Å². The van der Waals surface area contributed by atoms with Gasteiger partial charge in [-0.25, -0.2) is 0 Å². The van der Waals surface area contributed by atoms with Gasteiger partial charge in [-0.3, -0.25) is 0 Å². The van der Waals surface area contributed by atoms with Gasteiger partial charge >= 0.3 is 0 Å². The summed E-state index contributed by atoms with van der Waals surface area (Å²) in [7, 11) is 0. The molecule has 0 N–H and O–H groups in total.